The number of thiophene rings is 1. The molecule has 1 aliphatic rings. The largest absolute Gasteiger partial charge is 0.410 e. The molecular formula is C17H22N4O3S2. The summed E-state index contributed by atoms with van der Waals surface area (Å²) in [5.74, 6) is 0.676. The highest BCUT2D eigenvalue weighted by Crippen LogP contribution is 2.38. The predicted molar refractivity (Wildman–Crippen MR) is 101 cm³/mol. The number of rotatable bonds is 5. The maximum absolute atomic E-state index is 12.1. The van der Waals surface area contributed by atoms with Crippen LogP contribution < -0.4 is 11.1 Å². The van der Waals surface area contributed by atoms with Gasteiger partial charge in [0.2, 0.25) is 5.91 Å². The number of hydrogen-bond acceptors (Lipinski definition) is 7. The zero-order chi connectivity index (χ0) is 18.8. The van der Waals surface area contributed by atoms with E-state index in [4.69, 9.17) is 10.2 Å². The van der Waals surface area contributed by atoms with Gasteiger partial charge in [-0.15, -0.1) is 21.5 Å². The number of amides is 3. The minimum Gasteiger partial charge on any atom is -0.410 e. The molecule has 2 atom stereocenters. The molecule has 2 aromatic rings. The van der Waals surface area contributed by atoms with Crippen molar-refractivity contribution in [3.05, 3.63) is 16.5 Å². The summed E-state index contributed by atoms with van der Waals surface area (Å²) >= 11 is 2.84. The third-order valence-corrected chi connectivity index (χ3v) is 6.89. The first-order valence-corrected chi connectivity index (χ1v) is 10.3. The standard InChI is InChI=1S/C17H22N4O3S2/c1-8(2)13(14(22)19-16(18)23)26-17-21-20-15(24-17)12-7-10-6-9(3)4-5-11(10)25-12/h7-9,13H,4-6H2,1-3H3,(H3,18,19,22,23)/t9-,13-/m1/s1. The number of carbonyl (C=O) groups is 2. The molecule has 7 nitrogen and oxygen atoms in total. The number of thioether (sulfide) groups is 1. The molecule has 1 aliphatic carbocycles. The second-order valence-electron chi connectivity index (χ2n) is 6.92. The second-order valence-corrected chi connectivity index (χ2v) is 9.15. The van der Waals surface area contributed by atoms with Crippen molar-refractivity contribution in [1.82, 2.24) is 15.5 Å². The Labute approximate surface area is 160 Å². The first kappa shape index (κ1) is 18.9. The van der Waals surface area contributed by atoms with Gasteiger partial charge in [0.1, 0.15) is 0 Å². The van der Waals surface area contributed by atoms with Crippen molar-refractivity contribution in [2.24, 2.45) is 17.6 Å². The number of hydrogen-bond donors (Lipinski definition) is 2. The minimum atomic E-state index is -0.870. The fourth-order valence-corrected chi connectivity index (χ4v) is 4.96. The molecule has 26 heavy (non-hydrogen) atoms. The summed E-state index contributed by atoms with van der Waals surface area (Å²) in [6.45, 7) is 6.03. The number of primary amides is 1. The molecule has 0 spiro atoms. The van der Waals surface area contributed by atoms with Crippen LogP contribution in [-0.4, -0.2) is 27.4 Å². The van der Waals surface area contributed by atoms with Gasteiger partial charge < -0.3 is 10.2 Å². The van der Waals surface area contributed by atoms with E-state index in [1.807, 2.05) is 13.8 Å². The number of urea groups is 1. The normalized spacial score (nSPS) is 17.8. The zero-order valence-corrected chi connectivity index (χ0v) is 16.6. The lowest BCUT2D eigenvalue weighted by molar-refractivity contribution is -0.120. The van der Waals surface area contributed by atoms with E-state index in [0.29, 0.717) is 17.0 Å². The Morgan fingerprint density at radius 3 is 2.88 bits per heavy atom. The Bertz CT molecular complexity index is 815. The van der Waals surface area contributed by atoms with Gasteiger partial charge in [0.15, 0.2) is 0 Å². The molecule has 0 aliphatic heterocycles. The van der Waals surface area contributed by atoms with Crippen molar-refractivity contribution in [2.45, 2.75) is 50.5 Å². The van der Waals surface area contributed by atoms with Gasteiger partial charge in [-0.3, -0.25) is 10.1 Å². The van der Waals surface area contributed by atoms with Crippen molar-refractivity contribution in [3.8, 4) is 10.8 Å². The second kappa shape index (κ2) is 7.79. The minimum absolute atomic E-state index is 0.0368. The van der Waals surface area contributed by atoms with E-state index in [-0.39, 0.29) is 5.92 Å². The summed E-state index contributed by atoms with van der Waals surface area (Å²) in [5.41, 5.74) is 6.40. The van der Waals surface area contributed by atoms with Crippen molar-refractivity contribution < 1.29 is 14.0 Å². The number of aryl methyl sites for hydroxylation is 1. The monoisotopic (exact) mass is 394 g/mol. The molecule has 0 aromatic carbocycles. The van der Waals surface area contributed by atoms with Crippen LogP contribution in [0.25, 0.3) is 10.8 Å². The van der Waals surface area contributed by atoms with Crippen LogP contribution in [0.15, 0.2) is 15.7 Å². The smallest absolute Gasteiger partial charge is 0.318 e. The Morgan fingerprint density at radius 1 is 1.42 bits per heavy atom. The molecule has 0 bridgehead atoms. The van der Waals surface area contributed by atoms with E-state index in [2.05, 4.69) is 28.5 Å². The summed E-state index contributed by atoms with van der Waals surface area (Å²) in [6, 6.07) is 1.27. The lowest BCUT2D eigenvalue weighted by Crippen LogP contribution is -2.42. The number of nitrogens with zero attached hydrogens (tertiary/aromatic N) is 2. The summed E-state index contributed by atoms with van der Waals surface area (Å²) in [4.78, 5) is 25.4. The Hall–Kier alpha value is -1.87. The Balaban J connectivity index is 1.75. The predicted octanol–water partition coefficient (Wildman–Crippen LogP) is 3.23. The molecule has 140 valence electrons. The molecule has 2 aromatic heterocycles. The molecule has 2 heterocycles. The third-order valence-electron chi connectivity index (χ3n) is 4.28. The SMILES string of the molecule is CC(C)[C@@H](Sc1nnc(-c2cc3c(s2)CC[C@@H](C)C3)o1)C(=O)NC(N)=O. The molecule has 0 unspecified atom stereocenters. The fraction of sp³-hybridized carbons (Fsp3) is 0.529. The molecule has 0 saturated heterocycles. The number of aromatic nitrogens is 2. The molecule has 9 heteroatoms. The lowest BCUT2D eigenvalue weighted by Gasteiger charge is -2.16. The van der Waals surface area contributed by atoms with Crippen molar-refractivity contribution in [3.63, 3.8) is 0 Å². The van der Waals surface area contributed by atoms with Crippen LogP contribution in [0.4, 0.5) is 4.79 Å². The maximum Gasteiger partial charge on any atom is 0.318 e. The number of fused-ring (bicyclic) bond motifs is 1. The first-order chi connectivity index (χ1) is 12.3. The summed E-state index contributed by atoms with van der Waals surface area (Å²) < 4.78 is 5.77. The van der Waals surface area contributed by atoms with Crippen molar-refractivity contribution in [1.29, 1.82) is 0 Å². The highest BCUT2D eigenvalue weighted by atomic mass is 32.2. The van der Waals surface area contributed by atoms with Gasteiger partial charge in [0, 0.05) is 4.88 Å². The van der Waals surface area contributed by atoms with E-state index in [1.165, 1.54) is 16.9 Å². The van der Waals surface area contributed by atoms with E-state index in [1.54, 1.807) is 11.3 Å². The molecule has 0 saturated carbocycles. The average molecular weight is 395 g/mol. The van der Waals surface area contributed by atoms with Gasteiger partial charge in [0.05, 0.1) is 10.1 Å². The molecule has 3 rings (SSSR count). The summed E-state index contributed by atoms with van der Waals surface area (Å²) in [7, 11) is 0. The molecule has 3 N–H and O–H groups in total. The molecule has 0 fully saturated rings. The zero-order valence-electron chi connectivity index (χ0n) is 14.9. The maximum atomic E-state index is 12.1. The quantitative estimate of drug-likeness (QED) is 0.753. The van der Waals surface area contributed by atoms with Gasteiger partial charge in [-0.25, -0.2) is 4.79 Å². The average Bonchev–Trinajstić information content (AvgIpc) is 3.17. The van der Waals surface area contributed by atoms with Crippen LogP contribution in [0.3, 0.4) is 0 Å². The topological polar surface area (TPSA) is 111 Å². The Kier molecular flexibility index (Phi) is 5.67. The van der Waals surface area contributed by atoms with E-state index in [0.717, 1.165) is 29.5 Å². The van der Waals surface area contributed by atoms with Crippen molar-refractivity contribution in [2.75, 3.05) is 0 Å². The van der Waals surface area contributed by atoms with Crippen molar-refractivity contribution >= 4 is 35.0 Å². The van der Waals surface area contributed by atoms with E-state index < -0.39 is 17.2 Å². The van der Waals surface area contributed by atoms with Gasteiger partial charge in [-0.2, -0.15) is 0 Å². The van der Waals surface area contributed by atoms with Crippen LogP contribution in [-0.2, 0) is 17.6 Å². The number of nitrogens with two attached hydrogens (primary N) is 1. The summed E-state index contributed by atoms with van der Waals surface area (Å²) in [5, 5.41) is 10.1. The van der Waals surface area contributed by atoms with Crippen LogP contribution in [0.2, 0.25) is 0 Å². The van der Waals surface area contributed by atoms with Gasteiger partial charge in [0.25, 0.3) is 11.1 Å². The van der Waals surface area contributed by atoms with Crippen LogP contribution in [0.1, 0.15) is 37.6 Å². The number of imide groups is 1. The van der Waals surface area contributed by atoms with Crippen LogP contribution >= 0.6 is 23.1 Å². The highest BCUT2D eigenvalue weighted by molar-refractivity contribution is 8.00. The van der Waals surface area contributed by atoms with Crippen LogP contribution in [0.5, 0.6) is 0 Å². The molecule has 3 amide bonds. The molecule has 0 radical (unpaired) electrons. The number of nitrogens with one attached hydrogen (secondary N) is 1. The summed E-state index contributed by atoms with van der Waals surface area (Å²) in [6.07, 6.45) is 3.40. The number of carbonyl (C=O) groups excluding carboxylic acids is 2. The first-order valence-electron chi connectivity index (χ1n) is 8.56. The highest BCUT2D eigenvalue weighted by Gasteiger charge is 2.28. The van der Waals surface area contributed by atoms with E-state index >= 15 is 0 Å². The van der Waals surface area contributed by atoms with Gasteiger partial charge in [-0.05, 0) is 42.7 Å². The Morgan fingerprint density at radius 2 is 2.19 bits per heavy atom. The van der Waals surface area contributed by atoms with E-state index in [9.17, 15) is 9.59 Å². The fourth-order valence-electron chi connectivity index (χ4n) is 2.96. The lowest BCUT2D eigenvalue weighted by atomic mass is 9.90. The third kappa shape index (κ3) is 4.27. The van der Waals surface area contributed by atoms with Crippen LogP contribution in [0, 0.1) is 11.8 Å². The van der Waals surface area contributed by atoms with Gasteiger partial charge in [-0.1, -0.05) is 32.5 Å². The molecular weight excluding hydrogens is 372 g/mol. The van der Waals surface area contributed by atoms with Gasteiger partial charge >= 0.3 is 6.03 Å².